The first-order valence-corrected chi connectivity index (χ1v) is 7.10. The molecule has 19 heavy (non-hydrogen) atoms. The van der Waals surface area contributed by atoms with Crippen molar-refractivity contribution in [3.8, 4) is 0 Å². The molecule has 1 aliphatic rings. The van der Waals surface area contributed by atoms with E-state index < -0.39 is 0 Å². The van der Waals surface area contributed by atoms with Gasteiger partial charge in [-0.25, -0.2) is 0 Å². The Balaban J connectivity index is 2.42. The molecule has 0 amide bonds. The van der Waals surface area contributed by atoms with Crippen LogP contribution in [0.1, 0.15) is 40.2 Å². The highest BCUT2D eigenvalue weighted by atomic mass is 15.1. The lowest BCUT2D eigenvalue weighted by molar-refractivity contribution is -0.474. The van der Waals surface area contributed by atoms with Gasteiger partial charge in [-0.1, -0.05) is 24.3 Å². The summed E-state index contributed by atoms with van der Waals surface area (Å²) >= 11 is 0. The Bertz CT molecular complexity index is 690. The van der Waals surface area contributed by atoms with Gasteiger partial charge in [0, 0.05) is 18.6 Å². The summed E-state index contributed by atoms with van der Waals surface area (Å²) in [6.07, 6.45) is 0. The van der Waals surface area contributed by atoms with Gasteiger partial charge in [0.05, 0.1) is 5.41 Å². The molecule has 2 aromatic carbocycles. The quantitative estimate of drug-likeness (QED) is 0.650. The zero-order chi connectivity index (χ0) is 13.8. The van der Waals surface area contributed by atoms with E-state index >= 15 is 0 Å². The van der Waals surface area contributed by atoms with Gasteiger partial charge in [0.2, 0.25) is 5.69 Å². The summed E-state index contributed by atoms with van der Waals surface area (Å²) in [5.41, 5.74) is 4.43. The van der Waals surface area contributed by atoms with Crippen LogP contribution in [0.5, 0.6) is 0 Å². The largest absolute Gasteiger partial charge is 0.210 e. The van der Waals surface area contributed by atoms with E-state index in [1.165, 1.54) is 27.7 Å². The van der Waals surface area contributed by atoms with Crippen molar-refractivity contribution in [3.05, 3.63) is 42.0 Å². The molecule has 3 rings (SSSR count). The van der Waals surface area contributed by atoms with Crippen molar-refractivity contribution in [2.75, 3.05) is 0 Å². The molecule has 0 aromatic heterocycles. The monoisotopic (exact) mass is 252 g/mol. The van der Waals surface area contributed by atoms with Crippen molar-refractivity contribution in [2.45, 2.75) is 46.1 Å². The normalized spacial score (nSPS) is 17.4. The van der Waals surface area contributed by atoms with Gasteiger partial charge in [0.15, 0.2) is 11.8 Å². The topological polar surface area (TPSA) is 3.01 Å². The minimum Gasteiger partial charge on any atom is -0.197 e. The van der Waals surface area contributed by atoms with Crippen LogP contribution in [0.15, 0.2) is 36.4 Å². The van der Waals surface area contributed by atoms with Gasteiger partial charge < -0.3 is 0 Å². The summed E-state index contributed by atoms with van der Waals surface area (Å²) in [6.45, 7) is 11.5. The van der Waals surface area contributed by atoms with Gasteiger partial charge in [-0.2, -0.15) is 4.58 Å². The molecule has 0 fully saturated rings. The minimum absolute atomic E-state index is 0.112. The molecule has 1 heterocycles. The van der Waals surface area contributed by atoms with Gasteiger partial charge in [-0.3, -0.25) is 0 Å². The highest BCUT2D eigenvalue weighted by Gasteiger charge is 2.44. The fraction of sp³-hybridized carbons (Fsp3) is 0.389. The van der Waals surface area contributed by atoms with Crippen molar-refractivity contribution in [1.29, 1.82) is 0 Å². The van der Waals surface area contributed by atoms with E-state index in [0.29, 0.717) is 6.04 Å². The van der Waals surface area contributed by atoms with Crippen molar-refractivity contribution in [3.63, 3.8) is 0 Å². The standard InChI is InChI=1S/C18H22N/c1-12(2)19-13(3)18(4,5)17-15-9-7-6-8-14(15)10-11-16(17)19/h6-12H,1-5H3/q+1. The molecule has 0 spiro atoms. The Morgan fingerprint density at radius 3 is 2.37 bits per heavy atom. The summed E-state index contributed by atoms with van der Waals surface area (Å²) in [4.78, 5) is 0. The van der Waals surface area contributed by atoms with E-state index in [4.69, 9.17) is 0 Å². The predicted molar refractivity (Wildman–Crippen MR) is 82.7 cm³/mol. The Labute approximate surface area is 115 Å². The van der Waals surface area contributed by atoms with Crippen LogP contribution in [0.25, 0.3) is 10.8 Å². The Hall–Kier alpha value is -1.63. The average molecular weight is 252 g/mol. The van der Waals surface area contributed by atoms with Crippen LogP contribution in [-0.4, -0.2) is 16.3 Å². The molecule has 1 aliphatic heterocycles. The van der Waals surface area contributed by atoms with Crippen LogP contribution in [0.4, 0.5) is 5.69 Å². The molecule has 0 atom stereocenters. The molecule has 2 aromatic rings. The van der Waals surface area contributed by atoms with Crippen LogP contribution in [0, 0.1) is 0 Å². The van der Waals surface area contributed by atoms with E-state index in [1.807, 2.05) is 0 Å². The van der Waals surface area contributed by atoms with Crippen LogP contribution >= 0.6 is 0 Å². The summed E-state index contributed by atoms with van der Waals surface area (Å²) in [6, 6.07) is 13.8. The fourth-order valence-corrected chi connectivity index (χ4v) is 3.45. The number of hydrogen-bond acceptors (Lipinski definition) is 0. The molecule has 0 unspecified atom stereocenters. The first-order chi connectivity index (χ1) is 8.94. The third-order valence-corrected chi connectivity index (χ3v) is 4.57. The maximum absolute atomic E-state index is 2.49. The van der Waals surface area contributed by atoms with Crippen LogP contribution in [0.3, 0.4) is 0 Å². The second-order valence-corrected chi connectivity index (χ2v) is 6.35. The SMILES string of the molecule is CC1=[N+](C(C)C)c2ccc3ccccc3c2C1(C)C. The molecule has 0 bridgehead atoms. The van der Waals surface area contributed by atoms with Crippen LogP contribution in [-0.2, 0) is 5.41 Å². The van der Waals surface area contributed by atoms with E-state index in [1.54, 1.807) is 0 Å². The highest BCUT2D eigenvalue weighted by Crippen LogP contribution is 2.44. The highest BCUT2D eigenvalue weighted by molar-refractivity contribution is 6.01. The lowest BCUT2D eigenvalue weighted by Gasteiger charge is -2.17. The maximum atomic E-state index is 2.49. The van der Waals surface area contributed by atoms with Gasteiger partial charge in [0.1, 0.15) is 0 Å². The van der Waals surface area contributed by atoms with Gasteiger partial charge in [0.25, 0.3) is 0 Å². The molecule has 0 aliphatic carbocycles. The summed E-state index contributed by atoms with van der Waals surface area (Å²) in [5, 5.41) is 2.74. The predicted octanol–water partition coefficient (Wildman–Crippen LogP) is 4.64. The molecular formula is C18H22N+. The first kappa shape index (κ1) is 12.4. The molecule has 98 valence electrons. The molecule has 1 heteroatoms. The number of rotatable bonds is 1. The minimum atomic E-state index is 0.112. The molecule has 0 saturated heterocycles. The second-order valence-electron chi connectivity index (χ2n) is 6.35. The lowest BCUT2D eigenvalue weighted by Crippen LogP contribution is -2.28. The summed E-state index contributed by atoms with van der Waals surface area (Å²) in [7, 11) is 0. The molecule has 0 N–H and O–H groups in total. The zero-order valence-electron chi connectivity index (χ0n) is 12.5. The maximum Gasteiger partial charge on any atom is 0.210 e. The van der Waals surface area contributed by atoms with Gasteiger partial charge in [-0.15, -0.1) is 0 Å². The second kappa shape index (κ2) is 3.93. The van der Waals surface area contributed by atoms with Crippen LogP contribution < -0.4 is 0 Å². The number of benzene rings is 2. The molecule has 0 saturated carbocycles. The zero-order valence-corrected chi connectivity index (χ0v) is 12.5. The van der Waals surface area contributed by atoms with E-state index in [0.717, 1.165) is 0 Å². The van der Waals surface area contributed by atoms with E-state index in [2.05, 4.69) is 75.6 Å². The molecular weight excluding hydrogens is 230 g/mol. The van der Waals surface area contributed by atoms with Crippen molar-refractivity contribution >= 4 is 22.2 Å². The third kappa shape index (κ3) is 1.57. The molecule has 1 nitrogen and oxygen atoms in total. The van der Waals surface area contributed by atoms with E-state index in [-0.39, 0.29) is 5.41 Å². The smallest absolute Gasteiger partial charge is 0.197 e. The Kier molecular flexibility index (Phi) is 2.57. The van der Waals surface area contributed by atoms with E-state index in [9.17, 15) is 0 Å². The van der Waals surface area contributed by atoms with Gasteiger partial charge >= 0.3 is 0 Å². The Morgan fingerprint density at radius 1 is 1.00 bits per heavy atom. The average Bonchev–Trinajstić information content (AvgIpc) is 2.57. The van der Waals surface area contributed by atoms with Crippen molar-refractivity contribution in [2.24, 2.45) is 0 Å². The number of fused-ring (bicyclic) bond motifs is 3. The Morgan fingerprint density at radius 2 is 1.68 bits per heavy atom. The van der Waals surface area contributed by atoms with Gasteiger partial charge in [-0.05, 0) is 44.5 Å². The lowest BCUT2D eigenvalue weighted by atomic mass is 9.80. The third-order valence-electron chi connectivity index (χ3n) is 4.57. The van der Waals surface area contributed by atoms with Crippen molar-refractivity contribution in [1.82, 2.24) is 0 Å². The number of nitrogens with zero attached hydrogens (tertiary/aromatic N) is 1. The van der Waals surface area contributed by atoms with Crippen molar-refractivity contribution < 1.29 is 4.58 Å². The molecule has 0 radical (unpaired) electrons. The summed E-state index contributed by atoms with van der Waals surface area (Å²) < 4.78 is 2.49. The first-order valence-electron chi connectivity index (χ1n) is 7.10. The fourth-order valence-electron chi connectivity index (χ4n) is 3.45. The van der Waals surface area contributed by atoms with Crippen LogP contribution in [0.2, 0.25) is 0 Å². The number of hydrogen-bond donors (Lipinski definition) is 0. The summed E-state index contributed by atoms with van der Waals surface area (Å²) in [5.74, 6) is 0.